The Kier molecular flexibility index (Phi) is 3.63. The Morgan fingerprint density at radius 1 is 0.909 bits per heavy atom. The van der Waals surface area contributed by atoms with E-state index in [0.717, 1.165) is 5.39 Å². The van der Waals surface area contributed by atoms with Gasteiger partial charge in [-0.3, -0.25) is 4.98 Å². The lowest BCUT2D eigenvalue weighted by Gasteiger charge is -2.12. The molecule has 5 heteroatoms. The van der Waals surface area contributed by atoms with E-state index in [-0.39, 0.29) is 11.3 Å². The third-order valence-electron chi connectivity index (χ3n) is 3.47. The summed E-state index contributed by atoms with van der Waals surface area (Å²) in [7, 11) is 3.03. The summed E-state index contributed by atoms with van der Waals surface area (Å²) in [6, 6.07) is 8.91. The summed E-state index contributed by atoms with van der Waals surface area (Å²) in [4.78, 5) is 4.15. The lowest BCUT2D eigenvalue weighted by molar-refractivity contribution is 0.356. The van der Waals surface area contributed by atoms with Crippen molar-refractivity contribution in [3.05, 3.63) is 54.2 Å². The lowest BCUT2D eigenvalue weighted by Crippen LogP contribution is -1.95. The quantitative estimate of drug-likeness (QED) is 0.726. The SMILES string of the molecule is COc1cc2ccnc(-c3c(F)cccc3F)c2cc1OC. The molecule has 0 bridgehead atoms. The average Bonchev–Trinajstić information content (AvgIpc) is 2.53. The van der Waals surface area contributed by atoms with Crippen LogP contribution in [0.5, 0.6) is 11.5 Å². The molecule has 0 amide bonds. The molecule has 0 atom stereocenters. The summed E-state index contributed by atoms with van der Waals surface area (Å²) in [5, 5.41) is 1.34. The van der Waals surface area contributed by atoms with Gasteiger partial charge in [0, 0.05) is 11.6 Å². The van der Waals surface area contributed by atoms with Gasteiger partial charge in [0.05, 0.1) is 25.5 Å². The first-order chi connectivity index (χ1) is 10.7. The molecule has 3 nitrogen and oxygen atoms in total. The van der Waals surface area contributed by atoms with Crippen LogP contribution in [0.3, 0.4) is 0 Å². The Bertz CT molecular complexity index is 829. The summed E-state index contributed by atoms with van der Waals surface area (Å²) in [5.41, 5.74) is 0.0781. The number of aromatic nitrogens is 1. The van der Waals surface area contributed by atoms with Gasteiger partial charge >= 0.3 is 0 Å². The molecule has 0 aliphatic carbocycles. The van der Waals surface area contributed by atoms with Crippen LogP contribution in [0, 0.1) is 11.6 Å². The summed E-state index contributed by atoms with van der Waals surface area (Å²) < 4.78 is 38.6. The van der Waals surface area contributed by atoms with Gasteiger partial charge in [0.25, 0.3) is 0 Å². The Morgan fingerprint density at radius 2 is 1.55 bits per heavy atom. The van der Waals surface area contributed by atoms with E-state index in [2.05, 4.69) is 4.98 Å². The largest absolute Gasteiger partial charge is 0.493 e. The molecule has 0 spiro atoms. The Balaban J connectivity index is 2.36. The van der Waals surface area contributed by atoms with Crippen molar-refractivity contribution in [1.82, 2.24) is 4.98 Å². The summed E-state index contributed by atoms with van der Waals surface area (Å²) in [6.45, 7) is 0. The van der Waals surface area contributed by atoms with E-state index in [1.807, 2.05) is 0 Å². The molecule has 2 aromatic carbocycles. The Hall–Kier alpha value is -2.69. The minimum atomic E-state index is -0.658. The molecule has 0 saturated heterocycles. The lowest BCUT2D eigenvalue weighted by atomic mass is 10.0. The molecule has 0 aliphatic heterocycles. The predicted octanol–water partition coefficient (Wildman–Crippen LogP) is 4.20. The van der Waals surface area contributed by atoms with Gasteiger partial charge in [-0.2, -0.15) is 0 Å². The Labute approximate surface area is 126 Å². The second-order valence-corrected chi connectivity index (χ2v) is 4.68. The molecule has 0 radical (unpaired) electrons. The molecule has 0 unspecified atom stereocenters. The topological polar surface area (TPSA) is 31.4 Å². The zero-order chi connectivity index (χ0) is 15.7. The highest BCUT2D eigenvalue weighted by Gasteiger charge is 2.17. The third-order valence-corrected chi connectivity index (χ3v) is 3.47. The maximum atomic E-state index is 14.1. The van der Waals surface area contributed by atoms with Crippen LogP contribution in [0.15, 0.2) is 42.6 Å². The highest BCUT2D eigenvalue weighted by atomic mass is 19.1. The van der Waals surface area contributed by atoms with Crippen molar-refractivity contribution < 1.29 is 18.3 Å². The number of nitrogens with zero attached hydrogens (tertiary/aromatic N) is 1. The second-order valence-electron chi connectivity index (χ2n) is 4.68. The number of ether oxygens (including phenoxy) is 2. The summed E-state index contributed by atoms with van der Waals surface area (Å²) >= 11 is 0. The normalized spacial score (nSPS) is 10.7. The third kappa shape index (κ3) is 2.24. The highest BCUT2D eigenvalue weighted by Crippen LogP contribution is 2.37. The van der Waals surface area contributed by atoms with E-state index >= 15 is 0 Å². The minimum absolute atomic E-state index is 0.152. The number of hydrogen-bond donors (Lipinski definition) is 0. The maximum absolute atomic E-state index is 14.1. The first-order valence-corrected chi connectivity index (χ1v) is 6.61. The van der Waals surface area contributed by atoms with Crippen molar-refractivity contribution in [3.63, 3.8) is 0 Å². The second kappa shape index (κ2) is 5.60. The van der Waals surface area contributed by atoms with Gasteiger partial charge in [-0.25, -0.2) is 8.78 Å². The zero-order valence-electron chi connectivity index (χ0n) is 12.1. The molecule has 0 N–H and O–H groups in total. The van der Waals surface area contributed by atoms with E-state index in [0.29, 0.717) is 16.9 Å². The molecule has 0 fully saturated rings. The van der Waals surface area contributed by atoms with E-state index in [1.165, 1.54) is 38.6 Å². The van der Waals surface area contributed by atoms with Gasteiger partial charge in [-0.05, 0) is 35.7 Å². The van der Waals surface area contributed by atoms with E-state index < -0.39 is 11.6 Å². The summed E-state index contributed by atoms with van der Waals surface area (Å²) in [5.74, 6) is -0.299. The number of benzene rings is 2. The van der Waals surface area contributed by atoms with E-state index in [9.17, 15) is 8.78 Å². The van der Waals surface area contributed by atoms with Crippen LogP contribution >= 0.6 is 0 Å². The van der Waals surface area contributed by atoms with Crippen LogP contribution in [-0.4, -0.2) is 19.2 Å². The number of halogens is 2. The highest BCUT2D eigenvalue weighted by molar-refractivity contribution is 5.96. The van der Waals surface area contributed by atoms with Gasteiger partial charge in [-0.15, -0.1) is 0 Å². The standard InChI is InChI=1S/C17H13F2NO2/c1-21-14-8-10-6-7-20-17(11(10)9-15(14)22-2)16-12(18)4-3-5-13(16)19/h3-9H,1-2H3. The molecule has 22 heavy (non-hydrogen) atoms. The average molecular weight is 301 g/mol. The minimum Gasteiger partial charge on any atom is -0.493 e. The molecule has 0 saturated carbocycles. The van der Waals surface area contributed by atoms with Crippen molar-refractivity contribution in [3.8, 4) is 22.8 Å². The number of hydrogen-bond acceptors (Lipinski definition) is 3. The van der Waals surface area contributed by atoms with Crippen LogP contribution in [0.2, 0.25) is 0 Å². The fourth-order valence-corrected chi connectivity index (χ4v) is 2.42. The summed E-state index contributed by atoms with van der Waals surface area (Å²) in [6.07, 6.45) is 1.51. The number of rotatable bonds is 3. The molecular weight excluding hydrogens is 288 g/mol. The van der Waals surface area contributed by atoms with Gasteiger partial charge in [0.2, 0.25) is 0 Å². The molecule has 1 heterocycles. The Morgan fingerprint density at radius 3 is 2.18 bits per heavy atom. The van der Waals surface area contributed by atoms with Gasteiger partial charge in [0.15, 0.2) is 11.5 Å². The fourth-order valence-electron chi connectivity index (χ4n) is 2.42. The fraction of sp³-hybridized carbons (Fsp3) is 0.118. The van der Waals surface area contributed by atoms with Crippen LogP contribution in [-0.2, 0) is 0 Å². The van der Waals surface area contributed by atoms with Crippen LogP contribution in [0.25, 0.3) is 22.0 Å². The first kappa shape index (κ1) is 14.3. The van der Waals surface area contributed by atoms with Gasteiger partial charge in [0.1, 0.15) is 11.6 Å². The van der Waals surface area contributed by atoms with Crippen molar-refractivity contribution in [2.45, 2.75) is 0 Å². The molecule has 3 aromatic rings. The maximum Gasteiger partial charge on any atom is 0.161 e. The number of pyridine rings is 1. The molecule has 1 aromatic heterocycles. The molecule has 3 rings (SSSR count). The number of methoxy groups -OCH3 is 2. The molecule has 0 aliphatic rings. The van der Waals surface area contributed by atoms with Crippen molar-refractivity contribution in [2.75, 3.05) is 14.2 Å². The smallest absolute Gasteiger partial charge is 0.161 e. The first-order valence-electron chi connectivity index (χ1n) is 6.61. The van der Waals surface area contributed by atoms with Gasteiger partial charge < -0.3 is 9.47 Å². The zero-order valence-corrected chi connectivity index (χ0v) is 12.1. The monoisotopic (exact) mass is 301 g/mol. The van der Waals surface area contributed by atoms with Crippen molar-refractivity contribution >= 4 is 10.8 Å². The van der Waals surface area contributed by atoms with Crippen LogP contribution in [0.1, 0.15) is 0 Å². The van der Waals surface area contributed by atoms with Gasteiger partial charge in [-0.1, -0.05) is 6.07 Å². The van der Waals surface area contributed by atoms with Crippen molar-refractivity contribution in [1.29, 1.82) is 0 Å². The van der Waals surface area contributed by atoms with E-state index in [1.54, 1.807) is 18.2 Å². The molecular formula is C17H13F2NO2. The number of fused-ring (bicyclic) bond motifs is 1. The van der Waals surface area contributed by atoms with Crippen LogP contribution < -0.4 is 9.47 Å². The van der Waals surface area contributed by atoms with Crippen LogP contribution in [0.4, 0.5) is 8.78 Å². The molecule has 112 valence electrons. The predicted molar refractivity (Wildman–Crippen MR) is 80.2 cm³/mol. The van der Waals surface area contributed by atoms with E-state index in [4.69, 9.17) is 9.47 Å². The van der Waals surface area contributed by atoms with Crippen molar-refractivity contribution in [2.24, 2.45) is 0 Å².